The third-order valence-electron chi connectivity index (χ3n) is 4.85. The Balaban J connectivity index is 1.47. The topological polar surface area (TPSA) is 98.8 Å². The molecule has 2 N–H and O–H groups in total. The lowest BCUT2D eigenvalue weighted by Crippen LogP contribution is -2.49. The van der Waals surface area contributed by atoms with E-state index in [4.69, 9.17) is 0 Å². The Morgan fingerprint density at radius 3 is 2.23 bits per heavy atom. The first-order chi connectivity index (χ1) is 14.3. The molecule has 160 valence electrons. The molecule has 0 unspecified atom stereocenters. The van der Waals surface area contributed by atoms with Crippen molar-refractivity contribution < 1.29 is 18.0 Å². The first-order valence-electron chi connectivity index (χ1n) is 9.76. The van der Waals surface area contributed by atoms with Gasteiger partial charge in [-0.25, -0.2) is 8.42 Å². The lowest BCUT2D eigenvalue weighted by atomic mass is 10.1. The number of rotatable bonds is 7. The highest BCUT2D eigenvalue weighted by Gasteiger charge is 2.21. The second-order valence-electron chi connectivity index (χ2n) is 7.13. The van der Waals surface area contributed by atoms with Gasteiger partial charge in [0.05, 0.1) is 17.5 Å². The Morgan fingerprint density at radius 2 is 1.57 bits per heavy atom. The number of benzene rings is 2. The van der Waals surface area contributed by atoms with Gasteiger partial charge < -0.3 is 15.1 Å². The molecule has 2 aromatic carbocycles. The molecule has 30 heavy (non-hydrogen) atoms. The van der Waals surface area contributed by atoms with Crippen LogP contribution in [0.2, 0.25) is 0 Å². The fourth-order valence-electron chi connectivity index (χ4n) is 3.36. The molecule has 0 saturated carbocycles. The Hall–Kier alpha value is -3.07. The number of carbonyl (C=O) groups excluding carboxylic acids is 2. The summed E-state index contributed by atoms with van der Waals surface area (Å²) in [5.41, 5.74) is 1.57. The number of nitrogens with zero attached hydrogens (tertiary/aromatic N) is 2. The minimum absolute atomic E-state index is 0.00874. The van der Waals surface area contributed by atoms with Gasteiger partial charge in [0.1, 0.15) is 0 Å². The molecule has 0 atom stereocenters. The van der Waals surface area contributed by atoms with E-state index in [0.29, 0.717) is 13.1 Å². The maximum Gasteiger partial charge on any atom is 0.253 e. The highest BCUT2D eigenvalue weighted by Crippen LogP contribution is 2.17. The Kier molecular flexibility index (Phi) is 6.94. The number of amides is 2. The lowest BCUT2D eigenvalue weighted by Gasteiger charge is -2.36. The van der Waals surface area contributed by atoms with E-state index in [-0.39, 0.29) is 30.1 Å². The van der Waals surface area contributed by atoms with Crippen molar-refractivity contribution in [3.63, 3.8) is 0 Å². The van der Waals surface area contributed by atoms with Crippen molar-refractivity contribution in [1.82, 2.24) is 10.2 Å². The van der Waals surface area contributed by atoms with Crippen molar-refractivity contribution in [1.29, 1.82) is 0 Å². The van der Waals surface area contributed by atoms with Crippen LogP contribution >= 0.6 is 0 Å². The molecule has 1 fully saturated rings. The smallest absolute Gasteiger partial charge is 0.253 e. The van der Waals surface area contributed by atoms with Crippen LogP contribution in [0.3, 0.4) is 0 Å². The van der Waals surface area contributed by atoms with Crippen LogP contribution in [0.1, 0.15) is 16.8 Å². The zero-order chi connectivity index (χ0) is 21.6. The van der Waals surface area contributed by atoms with Gasteiger partial charge in [-0.05, 0) is 24.3 Å². The largest absolute Gasteiger partial charge is 0.368 e. The molecule has 8 nitrogen and oxygen atoms in total. The lowest BCUT2D eigenvalue weighted by molar-refractivity contribution is -0.131. The average Bonchev–Trinajstić information content (AvgIpc) is 2.73. The van der Waals surface area contributed by atoms with Crippen molar-refractivity contribution in [2.24, 2.45) is 0 Å². The van der Waals surface area contributed by atoms with Gasteiger partial charge in [0.2, 0.25) is 15.9 Å². The summed E-state index contributed by atoms with van der Waals surface area (Å²) >= 11 is 0. The number of piperazine rings is 1. The van der Waals surface area contributed by atoms with Crippen molar-refractivity contribution >= 4 is 33.2 Å². The summed E-state index contributed by atoms with van der Waals surface area (Å²) in [5, 5.41) is 2.70. The number of nitrogens with one attached hydrogen (secondary N) is 2. The maximum absolute atomic E-state index is 12.5. The summed E-state index contributed by atoms with van der Waals surface area (Å²) in [5.74, 6) is -0.436. The Morgan fingerprint density at radius 1 is 0.933 bits per heavy atom. The Bertz CT molecular complexity index is 987. The number of anilines is 2. The quantitative estimate of drug-likeness (QED) is 0.694. The van der Waals surface area contributed by atoms with Gasteiger partial charge in [0.25, 0.3) is 5.91 Å². The second-order valence-corrected chi connectivity index (χ2v) is 8.88. The minimum atomic E-state index is -3.50. The molecular weight excluding hydrogens is 404 g/mol. The van der Waals surface area contributed by atoms with E-state index < -0.39 is 15.9 Å². The first kappa shape index (κ1) is 21.6. The van der Waals surface area contributed by atoms with Gasteiger partial charge in [0, 0.05) is 44.8 Å². The molecular formula is C21H26N4O4S. The molecule has 1 heterocycles. The second kappa shape index (κ2) is 9.62. The molecule has 0 aliphatic carbocycles. The van der Waals surface area contributed by atoms with E-state index >= 15 is 0 Å². The van der Waals surface area contributed by atoms with Crippen molar-refractivity contribution in [2.75, 3.05) is 48.6 Å². The van der Waals surface area contributed by atoms with E-state index in [2.05, 4.69) is 27.1 Å². The molecule has 1 aliphatic heterocycles. The number of hydrogen-bond donors (Lipinski definition) is 2. The molecule has 0 aromatic heterocycles. The molecule has 1 saturated heterocycles. The van der Waals surface area contributed by atoms with Gasteiger partial charge >= 0.3 is 0 Å². The van der Waals surface area contributed by atoms with E-state index in [0.717, 1.165) is 25.0 Å². The summed E-state index contributed by atoms with van der Waals surface area (Å²) in [6, 6.07) is 16.4. The molecule has 2 aromatic rings. The van der Waals surface area contributed by atoms with E-state index in [1.165, 1.54) is 12.1 Å². The van der Waals surface area contributed by atoms with Crippen molar-refractivity contribution in [2.45, 2.75) is 6.42 Å². The van der Waals surface area contributed by atoms with E-state index in [1.54, 1.807) is 12.1 Å². The van der Waals surface area contributed by atoms with Crippen molar-refractivity contribution in [3.05, 3.63) is 60.2 Å². The van der Waals surface area contributed by atoms with Crippen LogP contribution in [0, 0.1) is 0 Å². The van der Waals surface area contributed by atoms with Crippen LogP contribution in [0.15, 0.2) is 54.6 Å². The molecule has 0 spiro atoms. The molecule has 0 bridgehead atoms. The van der Waals surface area contributed by atoms with Crippen LogP contribution in [-0.4, -0.2) is 64.1 Å². The highest BCUT2D eigenvalue weighted by molar-refractivity contribution is 7.92. The zero-order valence-corrected chi connectivity index (χ0v) is 17.7. The van der Waals surface area contributed by atoms with E-state index in [9.17, 15) is 18.0 Å². The van der Waals surface area contributed by atoms with Gasteiger partial charge in [-0.15, -0.1) is 0 Å². The third kappa shape index (κ3) is 5.96. The van der Waals surface area contributed by atoms with E-state index in [1.807, 2.05) is 23.1 Å². The van der Waals surface area contributed by atoms with Gasteiger partial charge in [-0.3, -0.25) is 14.3 Å². The SMILES string of the molecule is CS(=O)(=O)Nc1ccccc1C(=O)NCCC(=O)N1CCN(c2ccccc2)CC1. The standard InChI is InChI=1S/C21H26N4O4S/c1-30(28,29)23-19-10-6-5-9-18(19)21(27)22-12-11-20(26)25-15-13-24(14-16-25)17-7-3-2-4-8-17/h2-10,23H,11-16H2,1H3,(H,22,27). The highest BCUT2D eigenvalue weighted by atomic mass is 32.2. The van der Waals surface area contributed by atoms with Gasteiger partial charge in [0.15, 0.2) is 0 Å². The maximum atomic E-state index is 12.5. The first-order valence-corrected chi connectivity index (χ1v) is 11.7. The number of sulfonamides is 1. The Labute approximate surface area is 176 Å². The summed E-state index contributed by atoms with van der Waals surface area (Å²) in [6.07, 6.45) is 1.22. The molecule has 0 radical (unpaired) electrons. The third-order valence-corrected chi connectivity index (χ3v) is 5.44. The normalized spacial score (nSPS) is 14.3. The molecule has 1 aliphatic rings. The summed E-state index contributed by atoms with van der Waals surface area (Å²) in [4.78, 5) is 29.0. The monoisotopic (exact) mass is 430 g/mol. The fourth-order valence-corrected chi connectivity index (χ4v) is 3.94. The van der Waals surface area contributed by atoms with Crippen LogP contribution < -0.4 is 14.9 Å². The van der Waals surface area contributed by atoms with Crippen LogP contribution in [0.4, 0.5) is 11.4 Å². The number of para-hydroxylation sites is 2. The summed E-state index contributed by atoms with van der Waals surface area (Å²) in [7, 11) is -3.50. The zero-order valence-electron chi connectivity index (χ0n) is 16.9. The number of hydrogen-bond acceptors (Lipinski definition) is 5. The average molecular weight is 431 g/mol. The summed E-state index contributed by atoms with van der Waals surface area (Å²) in [6.45, 7) is 3.01. The molecule has 3 rings (SSSR count). The predicted molar refractivity (Wildman–Crippen MR) is 117 cm³/mol. The molecule has 9 heteroatoms. The fraction of sp³-hybridized carbons (Fsp3) is 0.333. The molecule has 2 amide bonds. The predicted octanol–water partition coefficient (Wildman–Crippen LogP) is 1.53. The number of carbonyl (C=O) groups is 2. The van der Waals surface area contributed by atoms with Crippen LogP contribution in [0.25, 0.3) is 0 Å². The van der Waals surface area contributed by atoms with Crippen LogP contribution in [-0.2, 0) is 14.8 Å². The summed E-state index contributed by atoms with van der Waals surface area (Å²) < 4.78 is 25.3. The van der Waals surface area contributed by atoms with Crippen LogP contribution in [0.5, 0.6) is 0 Å². The van der Waals surface area contributed by atoms with Crippen molar-refractivity contribution in [3.8, 4) is 0 Å². The minimum Gasteiger partial charge on any atom is -0.368 e. The van der Waals surface area contributed by atoms with Gasteiger partial charge in [-0.1, -0.05) is 30.3 Å². The van der Waals surface area contributed by atoms with Gasteiger partial charge in [-0.2, -0.15) is 0 Å².